The van der Waals surface area contributed by atoms with Gasteiger partial charge in [-0.05, 0) is 18.2 Å². The Labute approximate surface area is 167 Å². The van der Waals surface area contributed by atoms with E-state index in [-0.39, 0.29) is 11.7 Å². The Balaban J connectivity index is 1.86. The molecule has 138 valence electrons. The predicted octanol–water partition coefficient (Wildman–Crippen LogP) is 5.77. The van der Waals surface area contributed by atoms with Crippen LogP contribution in [-0.4, -0.2) is 21.9 Å². The average molecular weight is 397 g/mol. The van der Waals surface area contributed by atoms with Gasteiger partial charge in [-0.15, -0.1) is 11.8 Å². The van der Waals surface area contributed by atoms with Crippen LogP contribution in [0.25, 0.3) is 11.3 Å². The second-order valence-corrected chi connectivity index (χ2v) is 8.92. The van der Waals surface area contributed by atoms with Crippen molar-refractivity contribution in [3.05, 3.63) is 65.0 Å². The lowest BCUT2D eigenvalue weighted by Crippen LogP contribution is -2.11. The van der Waals surface area contributed by atoms with Gasteiger partial charge in [-0.25, -0.2) is 4.98 Å². The molecule has 0 aliphatic rings. The maximum atomic E-state index is 12.6. The number of amides is 1. The molecular weight excluding hydrogens is 376 g/mol. The zero-order valence-electron chi connectivity index (χ0n) is 15.4. The van der Waals surface area contributed by atoms with Crippen molar-refractivity contribution in [2.75, 3.05) is 5.32 Å². The van der Waals surface area contributed by atoms with Crippen LogP contribution < -0.4 is 5.32 Å². The van der Waals surface area contributed by atoms with Gasteiger partial charge in [0.1, 0.15) is 0 Å². The van der Waals surface area contributed by atoms with Crippen LogP contribution in [0.2, 0.25) is 0 Å². The number of Topliss-reactive ketones (excluding diaryl/α,β-unsaturated/α-hetero) is 1. The Morgan fingerprint density at radius 1 is 1.07 bits per heavy atom. The second kappa shape index (κ2) is 8.50. The number of benzene rings is 2. The van der Waals surface area contributed by atoms with Crippen LogP contribution in [-0.2, 0) is 0 Å². The molecule has 0 saturated carbocycles. The molecule has 1 heterocycles. The van der Waals surface area contributed by atoms with Crippen LogP contribution in [0.3, 0.4) is 0 Å². The van der Waals surface area contributed by atoms with E-state index in [1.807, 2.05) is 48.5 Å². The smallest absolute Gasteiger partial charge is 0.257 e. The highest BCUT2D eigenvalue weighted by molar-refractivity contribution is 7.99. The first kappa shape index (κ1) is 19.3. The van der Waals surface area contributed by atoms with Crippen molar-refractivity contribution >= 4 is 39.9 Å². The first-order valence-electron chi connectivity index (χ1n) is 8.59. The quantitative estimate of drug-likeness (QED) is 0.425. The van der Waals surface area contributed by atoms with E-state index in [0.29, 0.717) is 26.5 Å². The molecule has 0 aliphatic carbocycles. The molecule has 1 aromatic heterocycles. The highest BCUT2D eigenvalue weighted by Crippen LogP contribution is 2.32. The number of anilines is 1. The molecule has 0 spiro atoms. The molecule has 1 N–H and O–H groups in total. The van der Waals surface area contributed by atoms with Gasteiger partial charge in [0.15, 0.2) is 10.9 Å². The van der Waals surface area contributed by atoms with E-state index >= 15 is 0 Å². The minimum Gasteiger partial charge on any atom is -0.298 e. The second-order valence-electron chi connectivity index (χ2n) is 6.27. The van der Waals surface area contributed by atoms with Gasteiger partial charge < -0.3 is 0 Å². The maximum absolute atomic E-state index is 12.6. The number of thioether (sulfide) groups is 1. The molecule has 4 nitrogen and oxygen atoms in total. The molecule has 0 fully saturated rings. The number of aromatic nitrogens is 1. The highest BCUT2D eigenvalue weighted by atomic mass is 32.2. The summed E-state index contributed by atoms with van der Waals surface area (Å²) in [7, 11) is 0. The van der Waals surface area contributed by atoms with Gasteiger partial charge in [-0.2, -0.15) is 0 Å². The Kier molecular flexibility index (Phi) is 6.08. The lowest BCUT2D eigenvalue weighted by atomic mass is 10.1. The van der Waals surface area contributed by atoms with Gasteiger partial charge in [0.05, 0.1) is 10.6 Å². The number of hydrogen-bond acceptors (Lipinski definition) is 5. The van der Waals surface area contributed by atoms with E-state index in [4.69, 9.17) is 0 Å². The van der Waals surface area contributed by atoms with Gasteiger partial charge in [0.2, 0.25) is 0 Å². The zero-order valence-corrected chi connectivity index (χ0v) is 17.0. The van der Waals surface area contributed by atoms with Crippen LogP contribution >= 0.6 is 23.1 Å². The van der Waals surface area contributed by atoms with E-state index in [1.54, 1.807) is 17.8 Å². The van der Waals surface area contributed by atoms with Crippen LogP contribution in [0.5, 0.6) is 0 Å². The molecule has 3 rings (SSSR count). The molecule has 0 aliphatic heterocycles. The summed E-state index contributed by atoms with van der Waals surface area (Å²) in [6.07, 6.45) is 0. The van der Waals surface area contributed by atoms with Crippen molar-refractivity contribution < 1.29 is 9.59 Å². The number of carbonyl (C=O) groups is 2. The van der Waals surface area contributed by atoms with E-state index in [9.17, 15) is 9.59 Å². The average Bonchev–Trinajstić information content (AvgIpc) is 3.06. The third kappa shape index (κ3) is 4.84. The monoisotopic (exact) mass is 396 g/mol. The molecule has 0 atom stereocenters. The summed E-state index contributed by atoms with van der Waals surface area (Å²) >= 11 is 2.91. The zero-order chi connectivity index (χ0) is 19.4. The van der Waals surface area contributed by atoms with Crippen molar-refractivity contribution in [1.29, 1.82) is 0 Å². The number of hydrogen-bond donors (Lipinski definition) is 1. The first-order chi connectivity index (χ1) is 12.9. The molecule has 0 bridgehead atoms. The topological polar surface area (TPSA) is 59.1 Å². The van der Waals surface area contributed by atoms with Crippen molar-refractivity contribution in [1.82, 2.24) is 4.98 Å². The molecule has 3 aromatic rings. The fourth-order valence-corrected chi connectivity index (χ4v) is 4.33. The third-order valence-corrected chi connectivity index (χ3v) is 5.75. The molecule has 0 unspecified atom stereocenters. The van der Waals surface area contributed by atoms with Crippen molar-refractivity contribution in [2.45, 2.75) is 30.9 Å². The first-order valence-corrected chi connectivity index (χ1v) is 10.3. The number of rotatable bonds is 6. The number of ketones is 1. The lowest BCUT2D eigenvalue weighted by Gasteiger charge is -2.07. The largest absolute Gasteiger partial charge is 0.298 e. The SMILES string of the molecule is CC(=O)c1sc(NC(=O)c2cccc(SC(C)C)c2)nc1-c1ccccc1. The van der Waals surface area contributed by atoms with E-state index in [1.165, 1.54) is 18.3 Å². The summed E-state index contributed by atoms with van der Waals surface area (Å²) in [6, 6.07) is 17.0. The van der Waals surface area contributed by atoms with Gasteiger partial charge in [0, 0.05) is 28.2 Å². The number of nitrogens with zero attached hydrogens (tertiary/aromatic N) is 1. The molecule has 1 amide bonds. The Bertz CT molecular complexity index is 965. The number of thiazole rings is 1. The summed E-state index contributed by atoms with van der Waals surface area (Å²) in [4.78, 5) is 30.7. The predicted molar refractivity (Wildman–Crippen MR) is 113 cm³/mol. The van der Waals surface area contributed by atoms with Gasteiger partial charge in [-0.3, -0.25) is 14.9 Å². The van der Waals surface area contributed by atoms with Crippen molar-refractivity contribution in [3.8, 4) is 11.3 Å². The Hall–Kier alpha value is -2.44. The summed E-state index contributed by atoms with van der Waals surface area (Å²) < 4.78 is 0. The standard InChI is InChI=1S/C21H20N2O2S2/c1-13(2)26-17-11-7-10-16(12-17)20(25)23-21-22-18(19(27-21)14(3)24)15-8-5-4-6-9-15/h4-13H,1-3H3,(H,22,23,25). The fourth-order valence-electron chi connectivity index (χ4n) is 2.56. The van der Waals surface area contributed by atoms with Gasteiger partial charge >= 0.3 is 0 Å². The maximum Gasteiger partial charge on any atom is 0.257 e. The Morgan fingerprint density at radius 3 is 2.48 bits per heavy atom. The molecule has 0 radical (unpaired) electrons. The fraction of sp³-hybridized carbons (Fsp3) is 0.190. The molecular formula is C21H20N2O2S2. The van der Waals surface area contributed by atoms with Crippen LogP contribution in [0, 0.1) is 0 Å². The highest BCUT2D eigenvalue weighted by Gasteiger charge is 2.18. The van der Waals surface area contributed by atoms with Gasteiger partial charge in [-0.1, -0.05) is 61.6 Å². The normalized spacial score (nSPS) is 10.8. The summed E-state index contributed by atoms with van der Waals surface area (Å²) in [6.45, 7) is 5.74. The minimum absolute atomic E-state index is 0.0674. The minimum atomic E-state index is -0.232. The Morgan fingerprint density at radius 2 is 1.81 bits per heavy atom. The van der Waals surface area contributed by atoms with E-state index in [0.717, 1.165) is 10.5 Å². The number of nitrogens with one attached hydrogen (secondary N) is 1. The lowest BCUT2D eigenvalue weighted by molar-refractivity contribution is 0.101. The van der Waals surface area contributed by atoms with Gasteiger partial charge in [0.25, 0.3) is 5.91 Å². The van der Waals surface area contributed by atoms with Crippen molar-refractivity contribution in [3.63, 3.8) is 0 Å². The summed E-state index contributed by atoms with van der Waals surface area (Å²) in [5, 5.41) is 3.69. The van der Waals surface area contributed by atoms with Crippen LogP contribution in [0.1, 0.15) is 40.8 Å². The van der Waals surface area contributed by atoms with Crippen LogP contribution in [0.15, 0.2) is 59.5 Å². The summed E-state index contributed by atoms with van der Waals surface area (Å²) in [5.41, 5.74) is 2.03. The molecule has 6 heteroatoms. The summed E-state index contributed by atoms with van der Waals surface area (Å²) in [5.74, 6) is -0.299. The molecule has 0 saturated heterocycles. The third-order valence-electron chi connectivity index (χ3n) is 3.68. The molecule has 27 heavy (non-hydrogen) atoms. The van der Waals surface area contributed by atoms with E-state index < -0.39 is 0 Å². The molecule has 2 aromatic carbocycles. The van der Waals surface area contributed by atoms with Crippen molar-refractivity contribution in [2.24, 2.45) is 0 Å². The van der Waals surface area contributed by atoms with Crippen LogP contribution in [0.4, 0.5) is 5.13 Å². The van der Waals surface area contributed by atoms with E-state index in [2.05, 4.69) is 24.1 Å². The number of carbonyl (C=O) groups excluding carboxylic acids is 2.